The lowest BCUT2D eigenvalue weighted by molar-refractivity contribution is -0.150. The molecule has 0 aliphatic carbocycles. The topological polar surface area (TPSA) is 77.1 Å². The molecule has 53 heavy (non-hydrogen) atoms. The SMILES string of the molecule is CCCCCCCCCOC(=O)OCCCCCCN(CCCCCCCC(=O)OC(CCCCCCCC)CCCCCCCC)CCCNSC. The third-order valence-electron chi connectivity index (χ3n) is 10.4. The van der Waals surface area contributed by atoms with Gasteiger partial charge in [0.05, 0.1) is 13.2 Å². The van der Waals surface area contributed by atoms with E-state index in [-0.39, 0.29) is 12.1 Å². The van der Waals surface area contributed by atoms with Crippen molar-refractivity contribution in [1.29, 1.82) is 0 Å². The summed E-state index contributed by atoms with van der Waals surface area (Å²) in [5.74, 6) is 0.0299. The average molecular weight is 771 g/mol. The lowest BCUT2D eigenvalue weighted by Gasteiger charge is -2.22. The molecular formula is C45H90N2O5S. The summed E-state index contributed by atoms with van der Waals surface area (Å²) in [7, 11) is 0. The molecule has 0 fully saturated rings. The maximum absolute atomic E-state index is 12.8. The van der Waals surface area contributed by atoms with E-state index in [2.05, 4.69) is 36.6 Å². The Kier molecular flexibility index (Phi) is 42.9. The maximum Gasteiger partial charge on any atom is 0.508 e. The molecule has 0 aromatic heterocycles. The standard InChI is InChI=1S/C45H90N2O5S/c1-5-8-11-14-17-24-31-41-50-45(49)51-42-32-25-23-30-39-47(40-33-37-46-53-4)38-29-22-18-21-28-36-44(48)52-43(34-26-19-15-12-9-6-2)35-27-20-16-13-10-7-3/h43,46H,5-42H2,1-4H3. The van der Waals surface area contributed by atoms with Gasteiger partial charge >= 0.3 is 12.1 Å². The van der Waals surface area contributed by atoms with Crippen LogP contribution >= 0.6 is 11.9 Å². The van der Waals surface area contributed by atoms with Gasteiger partial charge in [-0.3, -0.25) is 9.52 Å². The van der Waals surface area contributed by atoms with Crippen molar-refractivity contribution < 1.29 is 23.8 Å². The Bertz CT molecular complexity index is 742. The normalized spacial score (nSPS) is 11.5. The van der Waals surface area contributed by atoms with E-state index >= 15 is 0 Å². The van der Waals surface area contributed by atoms with Crippen LogP contribution in [-0.2, 0) is 19.0 Å². The second-order valence-corrected chi connectivity index (χ2v) is 16.2. The number of ether oxygens (including phenoxy) is 3. The quantitative estimate of drug-likeness (QED) is 0.0373. The predicted molar refractivity (Wildman–Crippen MR) is 230 cm³/mol. The summed E-state index contributed by atoms with van der Waals surface area (Å²) >= 11 is 1.69. The Balaban J connectivity index is 4.16. The molecule has 0 amide bonds. The van der Waals surface area contributed by atoms with Gasteiger partial charge in [-0.05, 0) is 90.1 Å². The molecule has 0 spiro atoms. The van der Waals surface area contributed by atoms with Gasteiger partial charge in [-0.15, -0.1) is 0 Å². The highest BCUT2D eigenvalue weighted by Gasteiger charge is 2.14. The molecule has 0 radical (unpaired) electrons. The number of carbonyl (C=O) groups is 2. The minimum atomic E-state index is -0.507. The fourth-order valence-corrected chi connectivity index (χ4v) is 7.31. The second kappa shape index (κ2) is 43.7. The van der Waals surface area contributed by atoms with Crippen LogP contribution in [-0.4, -0.2) is 68.8 Å². The van der Waals surface area contributed by atoms with Gasteiger partial charge in [-0.1, -0.05) is 168 Å². The van der Waals surface area contributed by atoms with E-state index in [0.29, 0.717) is 19.6 Å². The van der Waals surface area contributed by atoms with Crippen molar-refractivity contribution >= 4 is 24.1 Å². The summed E-state index contributed by atoms with van der Waals surface area (Å²) in [6.45, 7) is 12.1. The van der Waals surface area contributed by atoms with Crippen molar-refractivity contribution in [1.82, 2.24) is 9.62 Å². The molecule has 0 heterocycles. The molecule has 7 nitrogen and oxygen atoms in total. The van der Waals surface area contributed by atoms with Gasteiger partial charge in [0, 0.05) is 13.0 Å². The van der Waals surface area contributed by atoms with Crippen LogP contribution in [0.5, 0.6) is 0 Å². The molecule has 0 atom stereocenters. The van der Waals surface area contributed by atoms with Gasteiger partial charge in [-0.2, -0.15) is 0 Å². The van der Waals surface area contributed by atoms with Crippen LogP contribution in [0.2, 0.25) is 0 Å². The monoisotopic (exact) mass is 771 g/mol. The summed E-state index contributed by atoms with van der Waals surface area (Å²) in [5, 5.41) is 0. The summed E-state index contributed by atoms with van der Waals surface area (Å²) in [4.78, 5) is 27.2. The smallest absolute Gasteiger partial charge is 0.462 e. The zero-order chi connectivity index (χ0) is 38.7. The minimum Gasteiger partial charge on any atom is -0.462 e. The molecule has 8 heteroatoms. The number of unbranched alkanes of at least 4 members (excludes halogenated alkanes) is 23. The summed E-state index contributed by atoms with van der Waals surface area (Å²) in [6.07, 6.45) is 39.5. The van der Waals surface area contributed by atoms with Crippen molar-refractivity contribution in [3.8, 4) is 0 Å². The van der Waals surface area contributed by atoms with E-state index in [1.807, 2.05) is 0 Å². The maximum atomic E-state index is 12.8. The Morgan fingerprint density at radius 1 is 0.509 bits per heavy atom. The predicted octanol–water partition coefficient (Wildman–Crippen LogP) is 13.8. The van der Waals surface area contributed by atoms with Crippen molar-refractivity contribution in [2.75, 3.05) is 45.6 Å². The fraction of sp³-hybridized carbons (Fsp3) is 0.956. The third-order valence-corrected chi connectivity index (χ3v) is 10.9. The van der Waals surface area contributed by atoms with Crippen LogP contribution in [0.3, 0.4) is 0 Å². The lowest BCUT2D eigenvalue weighted by Crippen LogP contribution is -2.29. The summed E-state index contributed by atoms with van der Waals surface area (Å²) in [6, 6.07) is 0. The highest BCUT2D eigenvalue weighted by molar-refractivity contribution is 7.96. The average Bonchev–Trinajstić information content (AvgIpc) is 3.15. The van der Waals surface area contributed by atoms with Crippen LogP contribution in [0.25, 0.3) is 0 Å². The molecule has 1 N–H and O–H groups in total. The van der Waals surface area contributed by atoms with Crippen LogP contribution in [0.15, 0.2) is 0 Å². The molecule has 0 aromatic rings. The second-order valence-electron chi connectivity index (χ2n) is 15.5. The van der Waals surface area contributed by atoms with E-state index < -0.39 is 6.16 Å². The molecule has 0 unspecified atom stereocenters. The van der Waals surface area contributed by atoms with Gasteiger partial charge in [0.1, 0.15) is 6.10 Å². The van der Waals surface area contributed by atoms with Gasteiger partial charge in [0.25, 0.3) is 0 Å². The van der Waals surface area contributed by atoms with Crippen molar-refractivity contribution in [3.63, 3.8) is 0 Å². The van der Waals surface area contributed by atoms with Crippen LogP contribution < -0.4 is 4.72 Å². The van der Waals surface area contributed by atoms with Crippen molar-refractivity contribution in [2.24, 2.45) is 0 Å². The van der Waals surface area contributed by atoms with E-state index in [0.717, 1.165) is 90.4 Å². The molecule has 316 valence electrons. The van der Waals surface area contributed by atoms with Gasteiger partial charge in [0.15, 0.2) is 0 Å². The van der Waals surface area contributed by atoms with Gasteiger partial charge < -0.3 is 19.1 Å². The van der Waals surface area contributed by atoms with Gasteiger partial charge in [0.2, 0.25) is 0 Å². The fourth-order valence-electron chi connectivity index (χ4n) is 6.96. The van der Waals surface area contributed by atoms with Crippen LogP contribution in [0, 0.1) is 0 Å². The van der Waals surface area contributed by atoms with E-state index in [1.54, 1.807) is 11.9 Å². The van der Waals surface area contributed by atoms with Crippen molar-refractivity contribution in [2.45, 2.75) is 232 Å². The first-order chi connectivity index (χ1) is 26.1. The Labute approximate surface area is 334 Å². The molecule has 0 aliphatic heterocycles. The van der Waals surface area contributed by atoms with E-state index in [1.165, 1.54) is 135 Å². The first kappa shape index (κ1) is 52.0. The Hall–Kier alpha value is -0.990. The highest BCUT2D eigenvalue weighted by atomic mass is 32.2. The zero-order valence-electron chi connectivity index (χ0n) is 35.8. The minimum absolute atomic E-state index is 0.0299. The third kappa shape index (κ3) is 40.5. The molecule has 0 aliphatic rings. The van der Waals surface area contributed by atoms with Gasteiger partial charge in [-0.25, -0.2) is 4.79 Å². The Morgan fingerprint density at radius 3 is 1.38 bits per heavy atom. The first-order valence-corrected chi connectivity index (χ1v) is 24.3. The van der Waals surface area contributed by atoms with E-state index in [9.17, 15) is 9.59 Å². The zero-order valence-corrected chi connectivity index (χ0v) is 36.7. The number of carbonyl (C=O) groups excluding carboxylic acids is 2. The number of hydrogen-bond donors (Lipinski definition) is 1. The summed E-state index contributed by atoms with van der Waals surface area (Å²) in [5.41, 5.74) is 0. The highest BCUT2D eigenvalue weighted by Crippen LogP contribution is 2.18. The summed E-state index contributed by atoms with van der Waals surface area (Å²) < 4.78 is 19.9. The number of esters is 1. The van der Waals surface area contributed by atoms with Crippen molar-refractivity contribution in [3.05, 3.63) is 0 Å². The number of rotatable bonds is 43. The number of nitrogens with zero attached hydrogens (tertiary/aromatic N) is 1. The lowest BCUT2D eigenvalue weighted by atomic mass is 10.0. The molecule has 0 saturated carbocycles. The molecule has 0 bridgehead atoms. The Morgan fingerprint density at radius 2 is 0.906 bits per heavy atom. The molecule has 0 aromatic carbocycles. The van der Waals surface area contributed by atoms with Crippen LogP contribution in [0.1, 0.15) is 226 Å². The molecule has 0 rings (SSSR count). The van der Waals surface area contributed by atoms with Crippen LogP contribution in [0.4, 0.5) is 4.79 Å². The van der Waals surface area contributed by atoms with E-state index in [4.69, 9.17) is 14.2 Å². The first-order valence-electron chi connectivity index (χ1n) is 23.0. The largest absolute Gasteiger partial charge is 0.508 e. The number of nitrogens with one attached hydrogen (secondary N) is 1. The molecular weight excluding hydrogens is 681 g/mol. The molecule has 0 saturated heterocycles. The number of hydrogen-bond acceptors (Lipinski definition) is 8.